The first-order chi connectivity index (χ1) is 9.04. The Balaban J connectivity index is 2.21. The molecule has 6 heteroatoms. The molecule has 1 unspecified atom stereocenters. The van der Waals surface area contributed by atoms with Gasteiger partial charge in [0.1, 0.15) is 0 Å². The molecule has 106 valence electrons. The van der Waals surface area contributed by atoms with Crippen LogP contribution in [0.1, 0.15) is 31.7 Å². The number of para-hydroxylation sites is 1. The molecule has 2 rings (SSSR count). The van der Waals surface area contributed by atoms with Crippen molar-refractivity contribution in [2.45, 2.75) is 37.6 Å². The van der Waals surface area contributed by atoms with Gasteiger partial charge in [-0.15, -0.1) is 0 Å². The largest absolute Gasteiger partial charge is 0.301 e. The number of alkyl halides is 1. The average Bonchev–Trinajstić information content (AvgIpc) is 2.39. The van der Waals surface area contributed by atoms with Gasteiger partial charge < -0.3 is 0 Å². The monoisotopic (exact) mass is 346 g/mol. The second kappa shape index (κ2) is 6.24. The minimum atomic E-state index is -3.46. The van der Waals surface area contributed by atoms with Crippen molar-refractivity contribution in [1.29, 1.82) is 0 Å². The fraction of sp³-hybridized carbons (Fsp3) is 0.538. The van der Waals surface area contributed by atoms with Crippen molar-refractivity contribution in [1.82, 2.24) is 4.31 Å². The molecule has 19 heavy (non-hydrogen) atoms. The molecule has 1 aromatic rings. The number of nitrogens with one attached hydrogen (secondary N) is 1. The van der Waals surface area contributed by atoms with Crippen molar-refractivity contribution in [2.75, 3.05) is 11.3 Å². The Morgan fingerprint density at radius 2 is 2.11 bits per heavy atom. The van der Waals surface area contributed by atoms with Gasteiger partial charge in [0, 0.05) is 17.9 Å². The number of hydrogen-bond acceptors (Lipinski definition) is 2. The van der Waals surface area contributed by atoms with Crippen LogP contribution in [-0.2, 0) is 15.5 Å². The SMILES string of the molecule is CC1CCCCN1S(=O)(=O)Nc1ccccc1CBr. The van der Waals surface area contributed by atoms with E-state index in [4.69, 9.17) is 0 Å². The van der Waals surface area contributed by atoms with Gasteiger partial charge in [-0.25, -0.2) is 0 Å². The first kappa shape index (κ1) is 14.8. The van der Waals surface area contributed by atoms with Crippen LogP contribution in [0.5, 0.6) is 0 Å². The van der Waals surface area contributed by atoms with E-state index in [1.165, 1.54) is 0 Å². The summed E-state index contributed by atoms with van der Waals surface area (Å²) in [6, 6.07) is 7.51. The lowest BCUT2D eigenvalue weighted by Crippen LogP contribution is -2.44. The zero-order valence-corrected chi connectivity index (χ0v) is 13.4. The number of nitrogens with zero attached hydrogens (tertiary/aromatic N) is 1. The molecule has 1 fully saturated rings. The van der Waals surface area contributed by atoms with E-state index in [1.54, 1.807) is 10.4 Å². The van der Waals surface area contributed by atoms with Crippen molar-refractivity contribution in [3.63, 3.8) is 0 Å². The van der Waals surface area contributed by atoms with E-state index in [0.29, 0.717) is 17.6 Å². The Kier molecular flexibility index (Phi) is 4.86. The molecular weight excluding hydrogens is 328 g/mol. The summed E-state index contributed by atoms with van der Waals surface area (Å²) >= 11 is 3.38. The van der Waals surface area contributed by atoms with Gasteiger partial charge in [0.15, 0.2) is 0 Å². The van der Waals surface area contributed by atoms with Crippen molar-refractivity contribution < 1.29 is 8.42 Å². The second-order valence-corrected chi connectivity index (χ2v) is 7.04. The zero-order chi connectivity index (χ0) is 13.9. The van der Waals surface area contributed by atoms with Crippen LogP contribution in [0.15, 0.2) is 24.3 Å². The maximum absolute atomic E-state index is 12.4. The van der Waals surface area contributed by atoms with Crippen LogP contribution in [0.2, 0.25) is 0 Å². The van der Waals surface area contributed by atoms with E-state index in [9.17, 15) is 8.42 Å². The Morgan fingerprint density at radius 3 is 2.79 bits per heavy atom. The number of rotatable bonds is 4. The third-order valence-corrected chi connectivity index (χ3v) is 5.69. The summed E-state index contributed by atoms with van der Waals surface area (Å²) in [6.45, 7) is 2.57. The van der Waals surface area contributed by atoms with Crippen molar-refractivity contribution in [3.8, 4) is 0 Å². The third-order valence-electron chi connectivity index (χ3n) is 3.45. The predicted octanol–water partition coefficient (Wildman–Crippen LogP) is 3.11. The maximum atomic E-state index is 12.4. The highest BCUT2D eigenvalue weighted by atomic mass is 79.9. The van der Waals surface area contributed by atoms with Gasteiger partial charge in [-0.3, -0.25) is 4.72 Å². The molecule has 0 bridgehead atoms. The van der Waals surface area contributed by atoms with Crippen LogP contribution in [0, 0.1) is 0 Å². The highest BCUT2D eigenvalue weighted by Gasteiger charge is 2.29. The molecule has 0 aliphatic carbocycles. The molecule has 1 N–H and O–H groups in total. The minimum absolute atomic E-state index is 0.0717. The van der Waals surface area contributed by atoms with Crippen LogP contribution in [-0.4, -0.2) is 25.3 Å². The summed E-state index contributed by atoms with van der Waals surface area (Å²) in [7, 11) is -3.46. The summed E-state index contributed by atoms with van der Waals surface area (Å²) < 4.78 is 29.1. The molecular formula is C13H19BrN2O2S. The molecule has 0 saturated carbocycles. The number of halogens is 1. The smallest absolute Gasteiger partial charge is 0.271 e. The quantitative estimate of drug-likeness (QED) is 0.851. The molecule has 1 aliphatic rings. The van der Waals surface area contributed by atoms with E-state index >= 15 is 0 Å². The summed E-state index contributed by atoms with van der Waals surface area (Å²) in [4.78, 5) is 0. The maximum Gasteiger partial charge on any atom is 0.301 e. The topological polar surface area (TPSA) is 49.4 Å². The van der Waals surface area contributed by atoms with E-state index in [-0.39, 0.29) is 6.04 Å². The van der Waals surface area contributed by atoms with Crippen LogP contribution < -0.4 is 4.72 Å². The highest BCUT2D eigenvalue weighted by molar-refractivity contribution is 9.08. The first-order valence-electron chi connectivity index (χ1n) is 6.48. The summed E-state index contributed by atoms with van der Waals surface area (Å²) in [5.74, 6) is 0. The fourth-order valence-electron chi connectivity index (χ4n) is 2.36. The van der Waals surface area contributed by atoms with E-state index in [1.807, 2.05) is 25.1 Å². The molecule has 0 radical (unpaired) electrons. The molecule has 0 spiro atoms. The van der Waals surface area contributed by atoms with Crippen molar-refractivity contribution in [3.05, 3.63) is 29.8 Å². The van der Waals surface area contributed by atoms with Crippen LogP contribution >= 0.6 is 15.9 Å². The molecule has 4 nitrogen and oxygen atoms in total. The van der Waals surface area contributed by atoms with Gasteiger partial charge in [-0.2, -0.15) is 12.7 Å². The molecule has 1 aliphatic heterocycles. The van der Waals surface area contributed by atoms with Gasteiger partial charge in [0.25, 0.3) is 0 Å². The van der Waals surface area contributed by atoms with Gasteiger partial charge in [0.2, 0.25) is 0 Å². The Morgan fingerprint density at radius 1 is 1.37 bits per heavy atom. The average molecular weight is 347 g/mol. The summed E-state index contributed by atoms with van der Waals surface area (Å²) in [5, 5.41) is 0.626. The summed E-state index contributed by atoms with van der Waals surface area (Å²) in [5.41, 5.74) is 1.59. The number of hydrogen-bond donors (Lipinski definition) is 1. The van der Waals surface area contributed by atoms with Crippen molar-refractivity contribution >= 4 is 31.8 Å². The lowest BCUT2D eigenvalue weighted by atomic mass is 10.1. The second-order valence-electron chi connectivity index (χ2n) is 4.85. The molecule has 1 atom stereocenters. The van der Waals surface area contributed by atoms with Gasteiger partial charge in [0.05, 0.1) is 5.69 Å². The normalized spacial score (nSPS) is 21.3. The van der Waals surface area contributed by atoms with Crippen molar-refractivity contribution in [2.24, 2.45) is 0 Å². The minimum Gasteiger partial charge on any atom is -0.271 e. The molecule has 1 aromatic carbocycles. The molecule has 0 aromatic heterocycles. The van der Waals surface area contributed by atoms with E-state index < -0.39 is 10.2 Å². The lowest BCUT2D eigenvalue weighted by molar-refractivity contribution is 0.270. The number of anilines is 1. The Labute approximate surface area is 123 Å². The first-order valence-corrected chi connectivity index (χ1v) is 9.04. The predicted molar refractivity (Wildman–Crippen MR) is 81.6 cm³/mol. The Bertz CT molecular complexity index is 533. The van der Waals surface area contributed by atoms with Crippen LogP contribution in [0.3, 0.4) is 0 Å². The fourth-order valence-corrected chi connectivity index (χ4v) is 4.39. The third kappa shape index (κ3) is 3.49. The summed E-state index contributed by atoms with van der Waals surface area (Å²) in [6.07, 6.45) is 2.97. The molecule has 1 saturated heterocycles. The van der Waals surface area contributed by atoms with Crippen LogP contribution in [0.4, 0.5) is 5.69 Å². The Hall–Kier alpha value is -0.590. The number of piperidine rings is 1. The highest BCUT2D eigenvalue weighted by Crippen LogP contribution is 2.24. The van der Waals surface area contributed by atoms with Gasteiger partial charge >= 0.3 is 10.2 Å². The lowest BCUT2D eigenvalue weighted by Gasteiger charge is -2.32. The molecule has 1 heterocycles. The number of benzene rings is 1. The van der Waals surface area contributed by atoms with E-state index in [0.717, 1.165) is 24.8 Å². The standard InChI is InChI=1S/C13H19BrN2O2S/c1-11-6-4-5-9-16(11)19(17,18)15-13-8-3-2-7-12(13)10-14/h2-3,7-8,11,15H,4-6,9-10H2,1H3. The van der Waals surface area contributed by atoms with Crippen LogP contribution in [0.25, 0.3) is 0 Å². The zero-order valence-electron chi connectivity index (χ0n) is 11.0. The van der Waals surface area contributed by atoms with Gasteiger partial charge in [-0.1, -0.05) is 40.5 Å². The van der Waals surface area contributed by atoms with Gasteiger partial charge in [-0.05, 0) is 31.4 Å². The van der Waals surface area contributed by atoms with E-state index in [2.05, 4.69) is 20.7 Å². The molecule has 0 amide bonds.